The van der Waals surface area contributed by atoms with E-state index in [1.807, 2.05) is 0 Å². The highest BCUT2D eigenvalue weighted by molar-refractivity contribution is 5.78. The Hall–Kier alpha value is -1.76. The molecule has 0 radical (unpaired) electrons. The fraction of sp³-hybridized carbons (Fsp3) is 0.333. The average Bonchev–Trinajstić information content (AvgIpc) is 2.77. The summed E-state index contributed by atoms with van der Waals surface area (Å²) in [6.07, 6.45) is 3.35. The van der Waals surface area contributed by atoms with Gasteiger partial charge in [0.25, 0.3) is 0 Å². The van der Waals surface area contributed by atoms with Crippen LogP contribution in [0.25, 0.3) is 11.1 Å². The molecular weight excluding hydrogens is 232 g/mol. The van der Waals surface area contributed by atoms with E-state index >= 15 is 0 Å². The Balaban J connectivity index is 1.91. The van der Waals surface area contributed by atoms with E-state index in [1.54, 1.807) is 0 Å². The van der Waals surface area contributed by atoms with Crippen molar-refractivity contribution in [2.45, 2.75) is 33.1 Å². The molecule has 0 saturated heterocycles. The molecule has 0 aromatic heterocycles. The molecule has 19 heavy (non-hydrogen) atoms. The standard InChI is InChI=1S/C18H20O/c1-3-4-9-19-16-8-7-15-11-14-6-5-13(2)10-17(14)18(15)12-16/h5-8,10,12H,3-4,9,11H2,1-2H3. The third-order valence-electron chi connectivity index (χ3n) is 3.78. The van der Waals surface area contributed by atoms with E-state index in [9.17, 15) is 0 Å². The molecule has 2 aromatic rings. The predicted octanol–water partition coefficient (Wildman–Crippen LogP) is 4.75. The summed E-state index contributed by atoms with van der Waals surface area (Å²) in [5.41, 5.74) is 6.92. The Kier molecular flexibility index (Phi) is 3.29. The largest absolute Gasteiger partial charge is 0.494 e. The monoisotopic (exact) mass is 252 g/mol. The second kappa shape index (κ2) is 5.08. The first kappa shape index (κ1) is 12.3. The van der Waals surface area contributed by atoms with Gasteiger partial charge in [-0.05, 0) is 54.2 Å². The van der Waals surface area contributed by atoms with Crippen molar-refractivity contribution in [3.63, 3.8) is 0 Å². The molecule has 0 saturated carbocycles. The minimum absolute atomic E-state index is 0.815. The van der Waals surface area contributed by atoms with Crippen molar-refractivity contribution in [3.8, 4) is 16.9 Å². The van der Waals surface area contributed by atoms with Crippen molar-refractivity contribution in [2.24, 2.45) is 0 Å². The Morgan fingerprint density at radius 2 is 1.74 bits per heavy atom. The van der Waals surface area contributed by atoms with Gasteiger partial charge in [-0.3, -0.25) is 0 Å². The molecule has 0 fully saturated rings. The Morgan fingerprint density at radius 3 is 2.53 bits per heavy atom. The molecule has 1 aliphatic rings. The lowest BCUT2D eigenvalue weighted by atomic mass is 10.0. The van der Waals surface area contributed by atoms with E-state index in [4.69, 9.17) is 4.74 Å². The molecule has 0 aliphatic heterocycles. The fourth-order valence-corrected chi connectivity index (χ4v) is 2.68. The van der Waals surface area contributed by atoms with E-state index in [2.05, 4.69) is 50.2 Å². The predicted molar refractivity (Wildman–Crippen MR) is 79.8 cm³/mol. The number of hydrogen-bond donors (Lipinski definition) is 0. The molecule has 0 heterocycles. The lowest BCUT2D eigenvalue weighted by Crippen LogP contribution is -1.96. The van der Waals surface area contributed by atoms with Gasteiger partial charge in [-0.15, -0.1) is 0 Å². The number of ether oxygens (including phenoxy) is 1. The Bertz CT molecular complexity index is 599. The first-order chi connectivity index (χ1) is 9.28. The third-order valence-corrected chi connectivity index (χ3v) is 3.78. The molecule has 1 nitrogen and oxygen atoms in total. The summed E-state index contributed by atoms with van der Waals surface area (Å²) < 4.78 is 5.82. The molecule has 0 N–H and O–H groups in total. The SMILES string of the molecule is CCCCOc1ccc2c(c1)-c1cc(C)ccc1C2. The second-order valence-corrected chi connectivity index (χ2v) is 5.36. The summed E-state index contributed by atoms with van der Waals surface area (Å²) in [6.45, 7) is 5.15. The first-order valence-electron chi connectivity index (χ1n) is 7.13. The molecule has 0 spiro atoms. The number of fused-ring (bicyclic) bond motifs is 3. The number of rotatable bonds is 4. The molecule has 3 rings (SSSR count). The molecule has 0 amide bonds. The van der Waals surface area contributed by atoms with Gasteiger partial charge in [0, 0.05) is 0 Å². The molecule has 98 valence electrons. The van der Waals surface area contributed by atoms with Crippen LogP contribution in [0.5, 0.6) is 5.75 Å². The van der Waals surface area contributed by atoms with Crippen LogP contribution in [0.15, 0.2) is 36.4 Å². The van der Waals surface area contributed by atoms with Crippen molar-refractivity contribution in [3.05, 3.63) is 53.1 Å². The van der Waals surface area contributed by atoms with E-state index in [0.29, 0.717) is 0 Å². The first-order valence-corrected chi connectivity index (χ1v) is 7.13. The summed E-state index contributed by atoms with van der Waals surface area (Å²) in [6, 6.07) is 13.3. The molecular formula is C18H20O. The van der Waals surface area contributed by atoms with Crippen LogP contribution in [0, 0.1) is 6.92 Å². The summed E-state index contributed by atoms with van der Waals surface area (Å²) in [5, 5.41) is 0. The highest BCUT2D eigenvalue weighted by Gasteiger charge is 2.18. The van der Waals surface area contributed by atoms with Crippen LogP contribution in [-0.2, 0) is 6.42 Å². The quantitative estimate of drug-likeness (QED) is 0.609. The zero-order valence-electron chi connectivity index (χ0n) is 11.7. The smallest absolute Gasteiger partial charge is 0.119 e. The summed E-state index contributed by atoms with van der Waals surface area (Å²) in [4.78, 5) is 0. The van der Waals surface area contributed by atoms with Gasteiger partial charge in [0.05, 0.1) is 6.61 Å². The van der Waals surface area contributed by atoms with Gasteiger partial charge < -0.3 is 4.74 Å². The minimum atomic E-state index is 0.815. The average molecular weight is 252 g/mol. The minimum Gasteiger partial charge on any atom is -0.494 e. The second-order valence-electron chi connectivity index (χ2n) is 5.36. The van der Waals surface area contributed by atoms with Gasteiger partial charge >= 0.3 is 0 Å². The van der Waals surface area contributed by atoms with Gasteiger partial charge in [-0.2, -0.15) is 0 Å². The molecule has 0 unspecified atom stereocenters. The maximum atomic E-state index is 5.82. The van der Waals surface area contributed by atoms with Gasteiger partial charge in [0.15, 0.2) is 0 Å². The van der Waals surface area contributed by atoms with Crippen LogP contribution in [0.4, 0.5) is 0 Å². The maximum absolute atomic E-state index is 5.82. The summed E-state index contributed by atoms with van der Waals surface area (Å²) in [7, 11) is 0. The molecule has 1 heteroatoms. The zero-order valence-corrected chi connectivity index (χ0v) is 11.7. The van der Waals surface area contributed by atoms with Crippen molar-refractivity contribution in [2.75, 3.05) is 6.61 Å². The number of hydrogen-bond acceptors (Lipinski definition) is 1. The third kappa shape index (κ3) is 2.37. The van der Waals surface area contributed by atoms with Gasteiger partial charge in [-0.1, -0.05) is 43.2 Å². The molecule has 2 aromatic carbocycles. The van der Waals surface area contributed by atoms with Crippen LogP contribution in [0.2, 0.25) is 0 Å². The van der Waals surface area contributed by atoms with Crippen LogP contribution in [-0.4, -0.2) is 6.61 Å². The van der Waals surface area contributed by atoms with E-state index < -0.39 is 0 Å². The van der Waals surface area contributed by atoms with Gasteiger partial charge in [0.2, 0.25) is 0 Å². The number of unbranched alkanes of at least 4 members (excludes halogenated alkanes) is 1. The van der Waals surface area contributed by atoms with Gasteiger partial charge in [-0.25, -0.2) is 0 Å². The summed E-state index contributed by atoms with van der Waals surface area (Å²) >= 11 is 0. The number of benzene rings is 2. The highest BCUT2D eigenvalue weighted by atomic mass is 16.5. The topological polar surface area (TPSA) is 9.23 Å². The number of aryl methyl sites for hydroxylation is 1. The van der Waals surface area contributed by atoms with E-state index in [0.717, 1.165) is 25.2 Å². The van der Waals surface area contributed by atoms with Crippen molar-refractivity contribution in [1.82, 2.24) is 0 Å². The van der Waals surface area contributed by atoms with Crippen molar-refractivity contribution < 1.29 is 4.74 Å². The van der Waals surface area contributed by atoms with Crippen molar-refractivity contribution >= 4 is 0 Å². The Morgan fingerprint density at radius 1 is 1.00 bits per heavy atom. The fourth-order valence-electron chi connectivity index (χ4n) is 2.68. The molecule has 0 bridgehead atoms. The highest BCUT2D eigenvalue weighted by Crippen LogP contribution is 2.38. The van der Waals surface area contributed by atoms with Crippen LogP contribution in [0.3, 0.4) is 0 Å². The van der Waals surface area contributed by atoms with Crippen LogP contribution in [0.1, 0.15) is 36.5 Å². The normalized spacial score (nSPS) is 12.1. The van der Waals surface area contributed by atoms with Crippen LogP contribution < -0.4 is 4.74 Å². The maximum Gasteiger partial charge on any atom is 0.119 e. The molecule has 0 atom stereocenters. The van der Waals surface area contributed by atoms with Gasteiger partial charge in [0.1, 0.15) is 5.75 Å². The lowest BCUT2D eigenvalue weighted by molar-refractivity contribution is 0.309. The summed E-state index contributed by atoms with van der Waals surface area (Å²) in [5.74, 6) is 1.00. The van der Waals surface area contributed by atoms with E-state index in [1.165, 1.54) is 34.2 Å². The molecule has 1 aliphatic carbocycles. The van der Waals surface area contributed by atoms with Crippen LogP contribution >= 0.6 is 0 Å². The Labute approximate surface area is 115 Å². The lowest BCUT2D eigenvalue weighted by Gasteiger charge is -2.08. The van der Waals surface area contributed by atoms with E-state index in [-0.39, 0.29) is 0 Å². The zero-order chi connectivity index (χ0) is 13.2. The van der Waals surface area contributed by atoms with Crippen molar-refractivity contribution in [1.29, 1.82) is 0 Å².